The molecular weight excluding hydrogens is 180 g/mol. The van der Waals surface area contributed by atoms with E-state index in [1.165, 1.54) is 6.20 Å². The molecule has 0 atom stereocenters. The van der Waals surface area contributed by atoms with E-state index in [9.17, 15) is 5.21 Å². The first-order chi connectivity index (χ1) is 6.72. The average Bonchev–Trinajstić information content (AvgIpc) is 2.18. The van der Waals surface area contributed by atoms with Crippen molar-refractivity contribution in [2.75, 3.05) is 0 Å². The Kier molecular flexibility index (Phi) is 1.89. The van der Waals surface area contributed by atoms with Crippen molar-refractivity contribution in [1.82, 2.24) is 4.73 Å². The first kappa shape index (κ1) is 8.62. The monoisotopic (exact) mass is 190 g/mol. The number of hydrogen-bond donors (Lipinski definition) is 2. The molecule has 0 aliphatic rings. The highest BCUT2D eigenvalue weighted by Gasteiger charge is 2.00. The molecule has 0 saturated carbocycles. The lowest BCUT2D eigenvalue weighted by Crippen LogP contribution is -2.07. The Labute approximate surface area is 80.3 Å². The van der Waals surface area contributed by atoms with Gasteiger partial charge in [0.1, 0.15) is 5.36 Å². The van der Waals surface area contributed by atoms with E-state index >= 15 is 0 Å². The van der Waals surface area contributed by atoms with Gasteiger partial charge in [-0.3, -0.25) is 0 Å². The van der Waals surface area contributed by atoms with Crippen LogP contribution < -0.4 is 5.36 Å². The first-order valence-electron chi connectivity index (χ1n) is 4.22. The van der Waals surface area contributed by atoms with Crippen LogP contribution in [0.25, 0.3) is 10.9 Å². The number of aryl methyl sites for hydroxylation is 1. The van der Waals surface area contributed by atoms with Gasteiger partial charge in [-0.15, -0.1) is 0 Å². The summed E-state index contributed by atoms with van der Waals surface area (Å²) in [6.07, 6.45) is 1.44. The second kappa shape index (κ2) is 3.06. The molecular formula is C10H10N2O2. The molecule has 0 aliphatic heterocycles. The molecule has 0 spiro atoms. The molecule has 2 rings (SSSR count). The molecule has 0 bridgehead atoms. The molecule has 0 amide bonds. The minimum Gasteiger partial charge on any atom is -0.428 e. The third-order valence-electron chi connectivity index (χ3n) is 2.16. The molecule has 4 nitrogen and oxygen atoms in total. The summed E-state index contributed by atoms with van der Waals surface area (Å²) in [7, 11) is 0. The van der Waals surface area contributed by atoms with Gasteiger partial charge in [-0.05, 0) is 25.1 Å². The number of rotatable bonds is 0. The van der Waals surface area contributed by atoms with E-state index in [0.717, 1.165) is 15.7 Å². The molecule has 1 aromatic heterocycles. The highest BCUT2D eigenvalue weighted by atomic mass is 16.5. The Hall–Kier alpha value is -1.97. The quantitative estimate of drug-likeness (QED) is 0.375. The zero-order valence-electron chi connectivity index (χ0n) is 7.68. The van der Waals surface area contributed by atoms with E-state index in [4.69, 9.17) is 5.21 Å². The average molecular weight is 190 g/mol. The molecule has 1 heterocycles. The summed E-state index contributed by atoms with van der Waals surface area (Å²) in [6.45, 7) is 1.94. The van der Waals surface area contributed by atoms with Crippen LogP contribution in [0.4, 0.5) is 0 Å². The highest BCUT2D eigenvalue weighted by molar-refractivity contribution is 5.78. The summed E-state index contributed by atoms with van der Waals surface area (Å²) in [5, 5.41) is 22.6. The van der Waals surface area contributed by atoms with Gasteiger partial charge < -0.3 is 10.4 Å². The summed E-state index contributed by atoms with van der Waals surface area (Å²) in [5.74, 6) is 0. The van der Waals surface area contributed by atoms with Crippen LogP contribution in [-0.4, -0.2) is 15.1 Å². The summed E-state index contributed by atoms with van der Waals surface area (Å²) in [5.41, 5.74) is 1.67. The minimum absolute atomic E-state index is 0.453. The van der Waals surface area contributed by atoms with Gasteiger partial charge in [0.05, 0.1) is 5.52 Å². The molecule has 72 valence electrons. The van der Waals surface area contributed by atoms with Gasteiger partial charge in [0, 0.05) is 11.6 Å². The van der Waals surface area contributed by atoms with Crippen LogP contribution in [-0.2, 0) is 0 Å². The van der Waals surface area contributed by atoms with Crippen LogP contribution in [0.2, 0.25) is 0 Å². The van der Waals surface area contributed by atoms with E-state index in [0.29, 0.717) is 10.9 Å². The van der Waals surface area contributed by atoms with Crippen LogP contribution in [0, 0.1) is 6.92 Å². The van der Waals surface area contributed by atoms with Crippen molar-refractivity contribution in [3.05, 3.63) is 41.4 Å². The Morgan fingerprint density at radius 1 is 1.29 bits per heavy atom. The van der Waals surface area contributed by atoms with Crippen molar-refractivity contribution in [2.24, 2.45) is 5.16 Å². The topological polar surface area (TPSA) is 57.8 Å². The van der Waals surface area contributed by atoms with Crippen LogP contribution in [0.5, 0.6) is 0 Å². The Morgan fingerprint density at radius 2 is 2.07 bits per heavy atom. The van der Waals surface area contributed by atoms with Gasteiger partial charge in [-0.2, -0.15) is 4.73 Å². The SMILES string of the molecule is Cc1ccc2c(c1)c(=NO)ccn2O. The zero-order valence-corrected chi connectivity index (χ0v) is 7.68. The van der Waals surface area contributed by atoms with Crippen LogP contribution in [0.1, 0.15) is 5.56 Å². The standard InChI is InChI=1S/C10H10N2O2/c1-7-2-3-10-8(6-7)9(11-13)4-5-12(10)14/h2-6,13-14H,1H3. The number of pyridine rings is 1. The summed E-state index contributed by atoms with van der Waals surface area (Å²) in [4.78, 5) is 0. The van der Waals surface area contributed by atoms with Crippen molar-refractivity contribution in [3.8, 4) is 0 Å². The van der Waals surface area contributed by atoms with Crippen LogP contribution in [0.3, 0.4) is 0 Å². The summed E-state index contributed by atoms with van der Waals surface area (Å²) < 4.78 is 1.00. The van der Waals surface area contributed by atoms with Gasteiger partial charge >= 0.3 is 0 Å². The van der Waals surface area contributed by atoms with Crippen molar-refractivity contribution < 1.29 is 10.4 Å². The maximum absolute atomic E-state index is 9.48. The van der Waals surface area contributed by atoms with Crippen LogP contribution >= 0.6 is 0 Å². The van der Waals surface area contributed by atoms with E-state index < -0.39 is 0 Å². The molecule has 0 radical (unpaired) electrons. The number of benzene rings is 1. The van der Waals surface area contributed by atoms with E-state index in [-0.39, 0.29) is 0 Å². The molecule has 0 saturated heterocycles. The fraction of sp³-hybridized carbons (Fsp3) is 0.100. The summed E-state index contributed by atoms with van der Waals surface area (Å²) >= 11 is 0. The normalized spacial score (nSPS) is 12.2. The van der Waals surface area contributed by atoms with Crippen LogP contribution in [0.15, 0.2) is 35.6 Å². The third kappa shape index (κ3) is 1.21. The maximum Gasteiger partial charge on any atom is 0.113 e. The number of aromatic nitrogens is 1. The highest BCUT2D eigenvalue weighted by Crippen LogP contribution is 2.10. The largest absolute Gasteiger partial charge is 0.428 e. The second-order valence-corrected chi connectivity index (χ2v) is 3.17. The van der Waals surface area contributed by atoms with Crippen molar-refractivity contribution in [1.29, 1.82) is 0 Å². The van der Waals surface area contributed by atoms with Crippen molar-refractivity contribution in [3.63, 3.8) is 0 Å². The smallest absolute Gasteiger partial charge is 0.113 e. The fourth-order valence-electron chi connectivity index (χ4n) is 1.45. The number of hydrogen-bond acceptors (Lipinski definition) is 3. The van der Waals surface area contributed by atoms with E-state index in [1.54, 1.807) is 12.1 Å². The van der Waals surface area contributed by atoms with Crippen molar-refractivity contribution >= 4 is 10.9 Å². The lowest BCUT2D eigenvalue weighted by atomic mass is 10.1. The second-order valence-electron chi connectivity index (χ2n) is 3.17. The first-order valence-corrected chi connectivity index (χ1v) is 4.22. The lowest BCUT2D eigenvalue weighted by molar-refractivity contribution is 0.197. The Balaban J connectivity index is 3.00. The van der Waals surface area contributed by atoms with Gasteiger partial charge in [-0.25, -0.2) is 0 Å². The molecule has 4 heteroatoms. The molecule has 0 aliphatic carbocycles. The summed E-state index contributed by atoms with van der Waals surface area (Å²) in [6, 6.07) is 7.06. The number of nitrogens with zero attached hydrogens (tertiary/aromatic N) is 2. The number of fused-ring (bicyclic) bond motifs is 1. The molecule has 2 N–H and O–H groups in total. The third-order valence-corrected chi connectivity index (χ3v) is 2.16. The molecule has 0 fully saturated rings. The zero-order chi connectivity index (χ0) is 10.1. The molecule has 0 unspecified atom stereocenters. The predicted molar refractivity (Wildman–Crippen MR) is 51.2 cm³/mol. The van der Waals surface area contributed by atoms with Crippen molar-refractivity contribution in [2.45, 2.75) is 6.92 Å². The molecule has 14 heavy (non-hydrogen) atoms. The predicted octanol–water partition coefficient (Wildman–Crippen LogP) is 1.48. The fourth-order valence-corrected chi connectivity index (χ4v) is 1.45. The molecule has 2 aromatic rings. The Morgan fingerprint density at radius 3 is 2.79 bits per heavy atom. The van der Waals surface area contributed by atoms with E-state index in [2.05, 4.69) is 5.16 Å². The van der Waals surface area contributed by atoms with Gasteiger partial charge in [0.15, 0.2) is 0 Å². The van der Waals surface area contributed by atoms with E-state index in [1.807, 2.05) is 19.1 Å². The maximum atomic E-state index is 9.48. The molecule has 1 aromatic carbocycles. The lowest BCUT2D eigenvalue weighted by Gasteiger charge is -2.04. The minimum atomic E-state index is 0.453. The van der Waals surface area contributed by atoms with Gasteiger partial charge in [-0.1, -0.05) is 16.8 Å². The van der Waals surface area contributed by atoms with Gasteiger partial charge in [0.25, 0.3) is 0 Å². The Bertz CT molecular complexity index is 543. The van der Waals surface area contributed by atoms with Gasteiger partial charge in [0.2, 0.25) is 0 Å².